The fourth-order valence-corrected chi connectivity index (χ4v) is 3.02. The lowest BCUT2D eigenvalue weighted by molar-refractivity contribution is -0.115. The van der Waals surface area contributed by atoms with Crippen molar-refractivity contribution >= 4 is 34.6 Å². The summed E-state index contributed by atoms with van der Waals surface area (Å²) in [4.78, 5) is 21.0. The quantitative estimate of drug-likeness (QED) is 0.716. The molecule has 1 aromatic carbocycles. The number of fused-ring (bicyclic) bond motifs is 1. The van der Waals surface area contributed by atoms with Gasteiger partial charge in [0.25, 0.3) is 5.22 Å². The predicted molar refractivity (Wildman–Crippen MR) is 91.5 cm³/mol. The lowest BCUT2D eigenvalue weighted by Crippen LogP contribution is -2.24. The topological polar surface area (TPSA) is 68.0 Å². The van der Waals surface area contributed by atoms with Gasteiger partial charge in [-0.1, -0.05) is 36.9 Å². The van der Waals surface area contributed by atoms with Crippen molar-refractivity contribution < 1.29 is 9.21 Å². The number of hydrogen-bond donors (Lipinski definition) is 1. The normalized spacial score (nSPS) is 12.3. The van der Waals surface area contributed by atoms with Crippen LogP contribution in [0.25, 0.3) is 11.2 Å². The van der Waals surface area contributed by atoms with E-state index in [1.807, 2.05) is 44.2 Å². The minimum absolute atomic E-state index is 0.0537. The number of rotatable bonds is 5. The summed E-state index contributed by atoms with van der Waals surface area (Å²) >= 11 is 1.32. The van der Waals surface area contributed by atoms with Crippen LogP contribution in [0.3, 0.4) is 0 Å². The third-order valence-corrected chi connectivity index (χ3v) is 4.66. The van der Waals surface area contributed by atoms with Crippen molar-refractivity contribution in [1.29, 1.82) is 0 Å². The number of para-hydroxylation sites is 1. The Hall–Kier alpha value is -2.34. The number of pyridine rings is 1. The second-order valence-electron chi connectivity index (χ2n) is 5.12. The zero-order valence-electron chi connectivity index (χ0n) is 12.9. The first-order valence-corrected chi connectivity index (χ1v) is 8.30. The van der Waals surface area contributed by atoms with Crippen molar-refractivity contribution in [3.63, 3.8) is 0 Å². The minimum Gasteiger partial charge on any atom is -0.430 e. The number of amides is 1. The van der Waals surface area contributed by atoms with Gasteiger partial charge in [0.05, 0.1) is 5.25 Å². The average molecular weight is 327 g/mol. The van der Waals surface area contributed by atoms with Gasteiger partial charge < -0.3 is 9.73 Å². The number of anilines is 1. The summed E-state index contributed by atoms with van der Waals surface area (Å²) in [5, 5.41) is 3.16. The molecule has 0 saturated heterocycles. The Morgan fingerprint density at radius 3 is 2.87 bits per heavy atom. The number of nitrogens with zero attached hydrogens (tertiary/aromatic N) is 2. The number of benzene rings is 1. The van der Waals surface area contributed by atoms with Crippen LogP contribution in [0.1, 0.15) is 18.9 Å². The Balaban J connectivity index is 1.74. The molecule has 0 aliphatic carbocycles. The number of carbonyl (C=O) groups excluding carboxylic acids is 1. The van der Waals surface area contributed by atoms with Crippen LogP contribution in [0.15, 0.2) is 52.2 Å². The highest BCUT2D eigenvalue weighted by atomic mass is 32.2. The SMILES string of the molecule is CCC(Sc1nc2ncccc2o1)C(=O)Nc1ccccc1C. The molecule has 23 heavy (non-hydrogen) atoms. The van der Waals surface area contributed by atoms with Gasteiger partial charge in [0.2, 0.25) is 5.91 Å². The number of hydrogen-bond acceptors (Lipinski definition) is 5. The van der Waals surface area contributed by atoms with E-state index in [-0.39, 0.29) is 11.2 Å². The van der Waals surface area contributed by atoms with Gasteiger partial charge >= 0.3 is 0 Å². The predicted octanol–water partition coefficient (Wildman–Crippen LogP) is 4.04. The Bertz CT molecular complexity index is 798. The summed E-state index contributed by atoms with van der Waals surface area (Å²) in [6, 6.07) is 11.3. The molecule has 1 unspecified atom stereocenters. The number of aromatic nitrogens is 2. The van der Waals surface area contributed by atoms with E-state index in [1.54, 1.807) is 12.3 Å². The van der Waals surface area contributed by atoms with Crippen LogP contribution in [-0.2, 0) is 4.79 Å². The lowest BCUT2D eigenvalue weighted by Gasteiger charge is -2.14. The molecule has 2 aromatic heterocycles. The summed E-state index contributed by atoms with van der Waals surface area (Å²) in [6.07, 6.45) is 2.34. The fraction of sp³-hybridized carbons (Fsp3) is 0.235. The molecule has 118 valence electrons. The van der Waals surface area contributed by atoms with E-state index in [4.69, 9.17) is 4.42 Å². The number of nitrogens with one attached hydrogen (secondary N) is 1. The maximum atomic E-state index is 12.5. The molecular formula is C17H17N3O2S. The monoisotopic (exact) mass is 327 g/mol. The van der Waals surface area contributed by atoms with Crippen LogP contribution in [0.5, 0.6) is 0 Å². The summed E-state index contributed by atoms with van der Waals surface area (Å²) in [5.74, 6) is -0.0537. The highest BCUT2D eigenvalue weighted by molar-refractivity contribution is 8.00. The van der Waals surface area contributed by atoms with Crippen LogP contribution in [0, 0.1) is 6.92 Å². The molecule has 3 aromatic rings. The van der Waals surface area contributed by atoms with Crippen molar-refractivity contribution in [2.45, 2.75) is 30.7 Å². The number of thioether (sulfide) groups is 1. The zero-order chi connectivity index (χ0) is 16.2. The molecule has 0 saturated carbocycles. The fourth-order valence-electron chi connectivity index (χ4n) is 2.17. The third-order valence-electron chi connectivity index (χ3n) is 3.45. The van der Waals surface area contributed by atoms with E-state index in [2.05, 4.69) is 15.3 Å². The molecule has 0 fully saturated rings. The highest BCUT2D eigenvalue weighted by Gasteiger charge is 2.21. The first-order chi connectivity index (χ1) is 11.2. The van der Waals surface area contributed by atoms with Crippen LogP contribution in [-0.4, -0.2) is 21.1 Å². The molecule has 2 heterocycles. The summed E-state index contributed by atoms with van der Waals surface area (Å²) in [5.41, 5.74) is 3.05. The van der Waals surface area contributed by atoms with Gasteiger partial charge in [0.15, 0.2) is 11.2 Å². The van der Waals surface area contributed by atoms with Gasteiger partial charge in [-0.3, -0.25) is 4.79 Å². The van der Waals surface area contributed by atoms with Crippen molar-refractivity contribution in [1.82, 2.24) is 9.97 Å². The molecule has 1 atom stereocenters. The van der Waals surface area contributed by atoms with Gasteiger partial charge in [-0.2, -0.15) is 4.98 Å². The molecule has 0 radical (unpaired) electrons. The van der Waals surface area contributed by atoms with E-state index in [0.717, 1.165) is 11.3 Å². The van der Waals surface area contributed by atoms with Crippen LogP contribution >= 0.6 is 11.8 Å². The molecule has 5 nitrogen and oxygen atoms in total. The smallest absolute Gasteiger partial charge is 0.259 e. The molecule has 1 amide bonds. The molecule has 0 spiro atoms. The van der Waals surface area contributed by atoms with Gasteiger partial charge in [0, 0.05) is 11.9 Å². The Morgan fingerprint density at radius 1 is 1.30 bits per heavy atom. The molecule has 0 aliphatic rings. The third kappa shape index (κ3) is 3.53. The maximum Gasteiger partial charge on any atom is 0.259 e. The summed E-state index contributed by atoms with van der Waals surface area (Å²) in [7, 11) is 0. The van der Waals surface area contributed by atoms with E-state index >= 15 is 0 Å². The first-order valence-electron chi connectivity index (χ1n) is 7.42. The van der Waals surface area contributed by atoms with E-state index in [0.29, 0.717) is 22.9 Å². The van der Waals surface area contributed by atoms with Crippen LogP contribution < -0.4 is 5.32 Å². The maximum absolute atomic E-state index is 12.5. The molecule has 1 N–H and O–H groups in total. The van der Waals surface area contributed by atoms with Crippen molar-refractivity contribution in [3.05, 3.63) is 48.2 Å². The second kappa shape index (κ2) is 6.83. The van der Waals surface area contributed by atoms with Crippen LogP contribution in [0.4, 0.5) is 5.69 Å². The summed E-state index contributed by atoms with van der Waals surface area (Å²) in [6.45, 7) is 3.94. The second-order valence-corrected chi connectivity index (χ2v) is 6.28. The molecule has 6 heteroatoms. The standard InChI is InChI=1S/C17H17N3O2S/c1-3-14(16(21)19-12-8-5-4-7-11(12)2)23-17-20-15-13(22-17)9-6-10-18-15/h4-10,14H,3H2,1-2H3,(H,19,21). The van der Waals surface area contributed by atoms with Gasteiger partial charge in [-0.15, -0.1) is 0 Å². The Morgan fingerprint density at radius 2 is 2.13 bits per heavy atom. The average Bonchev–Trinajstić information content (AvgIpc) is 2.97. The van der Waals surface area contributed by atoms with Crippen LogP contribution in [0.2, 0.25) is 0 Å². The minimum atomic E-state index is -0.275. The van der Waals surface area contributed by atoms with Gasteiger partial charge in [0.1, 0.15) is 0 Å². The highest BCUT2D eigenvalue weighted by Crippen LogP contribution is 2.28. The zero-order valence-corrected chi connectivity index (χ0v) is 13.8. The number of aryl methyl sites for hydroxylation is 1. The molecular weight excluding hydrogens is 310 g/mol. The van der Waals surface area contributed by atoms with E-state index in [9.17, 15) is 4.79 Å². The lowest BCUT2D eigenvalue weighted by atomic mass is 10.2. The Kier molecular flexibility index (Phi) is 4.62. The number of oxazole rings is 1. The van der Waals surface area contributed by atoms with E-state index < -0.39 is 0 Å². The Labute approximate surface area is 138 Å². The molecule has 0 aliphatic heterocycles. The van der Waals surface area contributed by atoms with E-state index in [1.165, 1.54) is 11.8 Å². The van der Waals surface area contributed by atoms with Crippen molar-refractivity contribution in [2.24, 2.45) is 0 Å². The van der Waals surface area contributed by atoms with Gasteiger partial charge in [-0.25, -0.2) is 4.98 Å². The number of carbonyl (C=O) groups is 1. The van der Waals surface area contributed by atoms with Crippen molar-refractivity contribution in [3.8, 4) is 0 Å². The molecule has 3 rings (SSSR count). The first kappa shape index (κ1) is 15.6. The largest absolute Gasteiger partial charge is 0.430 e. The van der Waals surface area contributed by atoms with Gasteiger partial charge in [-0.05, 0) is 37.1 Å². The van der Waals surface area contributed by atoms with Crippen molar-refractivity contribution in [2.75, 3.05) is 5.32 Å². The summed E-state index contributed by atoms with van der Waals surface area (Å²) < 4.78 is 5.63. The molecule has 0 bridgehead atoms.